The molecule has 0 saturated carbocycles. The molecule has 0 saturated heterocycles. The van der Waals surface area contributed by atoms with Gasteiger partial charge in [0.1, 0.15) is 5.69 Å². The van der Waals surface area contributed by atoms with E-state index in [0.717, 1.165) is 0 Å². The van der Waals surface area contributed by atoms with E-state index in [4.69, 9.17) is 16.3 Å². The number of carbonyl (C=O) groups excluding carboxylic acids is 1. The van der Waals surface area contributed by atoms with Crippen LogP contribution in [0.1, 0.15) is 24.3 Å². The highest BCUT2D eigenvalue weighted by Gasteiger charge is 2.13. The van der Waals surface area contributed by atoms with Gasteiger partial charge in [0, 0.05) is 24.8 Å². The fourth-order valence-electron chi connectivity index (χ4n) is 1.24. The van der Waals surface area contributed by atoms with Gasteiger partial charge in [0.15, 0.2) is 0 Å². The molecule has 0 aromatic carbocycles. The average Bonchev–Trinajstić information content (AvgIpc) is 2.27. The molecule has 0 aliphatic heterocycles. The lowest BCUT2D eigenvalue weighted by atomic mass is 10.3. The second kappa shape index (κ2) is 6.57. The largest absolute Gasteiger partial charge is 0.377 e. The number of halogens is 1. The Morgan fingerprint density at radius 1 is 1.59 bits per heavy atom. The Kier molecular flexibility index (Phi) is 5.38. The van der Waals surface area contributed by atoms with Gasteiger partial charge in [0.2, 0.25) is 0 Å². The maximum absolute atomic E-state index is 11.9. The first-order chi connectivity index (χ1) is 8.00. The maximum atomic E-state index is 11.9. The SMILES string of the molecule is CC(C)OCCN(C)C(=O)c1cc(Cl)ccn1. The predicted octanol–water partition coefficient (Wildman–Crippen LogP) is 2.23. The van der Waals surface area contributed by atoms with Crippen LogP contribution in [-0.2, 0) is 4.74 Å². The zero-order valence-corrected chi connectivity index (χ0v) is 11.1. The molecule has 4 nitrogen and oxygen atoms in total. The number of aromatic nitrogens is 1. The van der Waals surface area contributed by atoms with E-state index in [1.807, 2.05) is 13.8 Å². The third-order valence-corrected chi connectivity index (χ3v) is 2.40. The summed E-state index contributed by atoms with van der Waals surface area (Å²) in [6.45, 7) is 4.96. The van der Waals surface area contributed by atoms with Crippen molar-refractivity contribution in [2.45, 2.75) is 20.0 Å². The number of hydrogen-bond acceptors (Lipinski definition) is 3. The van der Waals surface area contributed by atoms with Crippen molar-refractivity contribution in [3.8, 4) is 0 Å². The second-order valence-corrected chi connectivity index (χ2v) is 4.44. The average molecular weight is 257 g/mol. The first kappa shape index (κ1) is 13.9. The molecular formula is C12H17ClN2O2. The van der Waals surface area contributed by atoms with Crippen LogP contribution in [0.2, 0.25) is 5.02 Å². The van der Waals surface area contributed by atoms with Crippen LogP contribution in [0.5, 0.6) is 0 Å². The Bertz CT molecular complexity index is 383. The van der Waals surface area contributed by atoms with Crippen molar-refractivity contribution in [1.82, 2.24) is 9.88 Å². The van der Waals surface area contributed by atoms with E-state index in [1.165, 1.54) is 6.20 Å². The second-order valence-electron chi connectivity index (χ2n) is 4.01. The molecular weight excluding hydrogens is 240 g/mol. The summed E-state index contributed by atoms with van der Waals surface area (Å²) in [5, 5.41) is 0.509. The lowest BCUT2D eigenvalue weighted by Crippen LogP contribution is -2.31. The summed E-state index contributed by atoms with van der Waals surface area (Å²) in [6, 6.07) is 3.20. The standard InChI is InChI=1S/C12H17ClN2O2/c1-9(2)17-7-6-15(3)12(16)11-8-10(13)4-5-14-11/h4-5,8-9H,6-7H2,1-3H3. The quantitative estimate of drug-likeness (QED) is 0.811. The molecule has 17 heavy (non-hydrogen) atoms. The molecule has 0 radical (unpaired) electrons. The summed E-state index contributed by atoms with van der Waals surface area (Å²) in [7, 11) is 1.72. The summed E-state index contributed by atoms with van der Waals surface area (Å²) < 4.78 is 5.38. The first-order valence-electron chi connectivity index (χ1n) is 5.49. The molecule has 5 heteroatoms. The van der Waals surface area contributed by atoms with Crippen molar-refractivity contribution in [1.29, 1.82) is 0 Å². The smallest absolute Gasteiger partial charge is 0.272 e. The molecule has 0 spiro atoms. The predicted molar refractivity (Wildman–Crippen MR) is 67.3 cm³/mol. The molecule has 0 aliphatic rings. The van der Waals surface area contributed by atoms with Gasteiger partial charge in [-0.15, -0.1) is 0 Å². The Hall–Kier alpha value is -1.13. The van der Waals surface area contributed by atoms with E-state index in [0.29, 0.717) is 23.9 Å². The molecule has 1 amide bonds. The van der Waals surface area contributed by atoms with Crippen LogP contribution in [0.4, 0.5) is 0 Å². The summed E-state index contributed by atoms with van der Waals surface area (Å²) in [5.41, 5.74) is 0.351. The number of pyridine rings is 1. The Balaban J connectivity index is 2.52. The van der Waals surface area contributed by atoms with Crippen molar-refractivity contribution in [2.24, 2.45) is 0 Å². The molecule has 94 valence electrons. The molecule has 0 N–H and O–H groups in total. The number of rotatable bonds is 5. The van der Waals surface area contributed by atoms with Crippen LogP contribution in [0.25, 0.3) is 0 Å². The maximum Gasteiger partial charge on any atom is 0.272 e. The summed E-state index contributed by atoms with van der Waals surface area (Å²) in [4.78, 5) is 17.5. The van der Waals surface area contributed by atoms with Crippen LogP contribution < -0.4 is 0 Å². The van der Waals surface area contributed by atoms with Gasteiger partial charge in [-0.05, 0) is 26.0 Å². The van der Waals surface area contributed by atoms with Gasteiger partial charge in [-0.1, -0.05) is 11.6 Å². The van der Waals surface area contributed by atoms with Gasteiger partial charge in [-0.25, -0.2) is 0 Å². The van der Waals surface area contributed by atoms with E-state index >= 15 is 0 Å². The summed E-state index contributed by atoms with van der Waals surface area (Å²) in [6.07, 6.45) is 1.69. The molecule has 1 aromatic heterocycles. The van der Waals surface area contributed by atoms with Crippen LogP contribution >= 0.6 is 11.6 Å². The zero-order valence-electron chi connectivity index (χ0n) is 10.3. The minimum Gasteiger partial charge on any atom is -0.377 e. The number of nitrogens with zero attached hydrogens (tertiary/aromatic N) is 2. The fraction of sp³-hybridized carbons (Fsp3) is 0.500. The van der Waals surface area contributed by atoms with E-state index in [1.54, 1.807) is 24.1 Å². The number of carbonyl (C=O) groups is 1. The highest BCUT2D eigenvalue weighted by atomic mass is 35.5. The summed E-state index contributed by atoms with van der Waals surface area (Å²) >= 11 is 5.80. The zero-order chi connectivity index (χ0) is 12.8. The molecule has 0 fully saturated rings. The fourth-order valence-corrected chi connectivity index (χ4v) is 1.40. The van der Waals surface area contributed by atoms with Gasteiger partial charge in [-0.3, -0.25) is 9.78 Å². The first-order valence-corrected chi connectivity index (χ1v) is 5.87. The minimum absolute atomic E-state index is 0.153. The van der Waals surface area contributed by atoms with E-state index in [9.17, 15) is 4.79 Å². The minimum atomic E-state index is -0.153. The molecule has 0 atom stereocenters. The molecule has 1 heterocycles. The normalized spacial score (nSPS) is 10.6. The third kappa shape index (κ3) is 4.71. The number of likely N-dealkylation sites (N-methyl/N-ethyl adjacent to an activating group) is 1. The number of hydrogen-bond donors (Lipinski definition) is 0. The highest BCUT2D eigenvalue weighted by Crippen LogP contribution is 2.09. The van der Waals surface area contributed by atoms with Crippen molar-refractivity contribution < 1.29 is 9.53 Å². The third-order valence-electron chi connectivity index (χ3n) is 2.17. The van der Waals surface area contributed by atoms with Crippen LogP contribution in [0.15, 0.2) is 18.3 Å². The van der Waals surface area contributed by atoms with Crippen LogP contribution in [-0.4, -0.2) is 42.1 Å². The Labute approximate surface area is 107 Å². The van der Waals surface area contributed by atoms with Gasteiger partial charge >= 0.3 is 0 Å². The molecule has 0 aliphatic carbocycles. The molecule has 1 rings (SSSR count). The molecule has 1 aromatic rings. The van der Waals surface area contributed by atoms with Gasteiger partial charge in [-0.2, -0.15) is 0 Å². The Morgan fingerprint density at radius 2 is 2.29 bits per heavy atom. The monoisotopic (exact) mass is 256 g/mol. The van der Waals surface area contributed by atoms with E-state index in [2.05, 4.69) is 4.98 Å². The molecule has 0 unspecified atom stereocenters. The van der Waals surface area contributed by atoms with Crippen LogP contribution in [0, 0.1) is 0 Å². The van der Waals surface area contributed by atoms with Crippen LogP contribution in [0.3, 0.4) is 0 Å². The summed E-state index contributed by atoms with van der Waals surface area (Å²) in [5.74, 6) is -0.153. The number of amides is 1. The van der Waals surface area contributed by atoms with E-state index in [-0.39, 0.29) is 12.0 Å². The van der Waals surface area contributed by atoms with Gasteiger partial charge < -0.3 is 9.64 Å². The van der Waals surface area contributed by atoms with Crippen molar-refractivity contribution in [2.75, 3.05) is 20.2 Å². The lowest BCUT2D eigenvalue weighted by Gasteiger charge is -2.17. The van der Waals surface area contributed by atoms with E-state index < -0.39 is 0 Å². The van der Waals surface area contributed by atoms with Crippen molar-refractivity contribution in [3.63, 3.8) is 0 Å². The van der Waals surface area contributed by atoms with Crippen molar-refractivity contribution >= 4 is 17.5 Å². The number of ether oxygens (including phenoxy) is 1. The van der Waals surface area contributed by atoms with Gasteiger partial charge in [0.05, 0.1) is 12.7 Å². The topological polar surface area (TPSA) is 42.4 Å². The highest BCUT2D eigenvalue weighted by molar-refractivity contribution is 6.30. The lowest BCUT2D eigenvalue weighted by molar-refractivity contribution is 0.0529. The van der Waals surface area contributed by atoms with Gasteiger partial charge in [0.25, 0.3) is 5.91 Å². The Morgan fingerprint density at radius 3 is 2.88 bits per heavy atom. The van der Waals surface area contributed by atoms with Crippen molar-refractivity contribution in [3.05, 3.63) is 29.0 Å². The molecule has 0 bridgehead atoms.